The van der Waals surface area contributed by atoms with Gasteiger partial charge >= 0.3 is 0 Å². The van der Waals surface area contributed by atoms with Gasteiger partial charge in [-0.15, -0.1) is 0 Å². The summed E-state index contributed by atoms with van der Waals surface area (Å²) in [4.78, 5) is 16.1. The molecule has 0 aliphatic carbocycles. The second-order valence-electron chi connectivity index (χ2n) is 4.06. The van der Waals surface area contributed by atoms with Crippen LogP contribution < -0.4 is 5.32 Å². The smallest absolute Gasteiger partial charge is 0.258 e. The monoisotopic (exact) mass is 287 g/mol. The van der Waals surface area contributed by atoms with Crippen LogP contribution in [-0.4, -0.2) is 29.7 Å². The lowest BCUT2D eigenvalue weighted by Crippen LogP contribution is -2.07. The maximum Gasteiger partial charge on any atom is 0.258 e. The van der Waals surface area contributed by atoms with Crippen LogP contribution in [0.1, 0.15) is 5.56 Å². The van der Waals surface area contributed by atoms with Gasteiger partial charge in [-0.3, -0.25) is 0 Å². The minimum atomic E-state index is 0.0839. The van der Waals surface area contributed by atoms with Crippen LogP contribution in [-0.2, 0) is 0 Å². The largest absolute Gasteiger partial charge is 0.324 e. The predicted octanol–water partition coefficient (Wildman–Crippen LogP) is 2.16. The Labute approximate surface area is 119 Å². The molecule has 100 valence electrons. The third-order valence-electron chi connectivity index (χ3n) is 2.49. The average molecular weight is 288 g/mol. The molecular weight excluding hydrogens is 278 g/mol. The lowest BCUT2D eigenvalue weighted by molar-refractivity contribution is 0.796. The summed E-state index contributed by atoms with van der Waals surface area (Å²) < 4.78 is 1.41. The molecule has 1 N–H and O–H groups in total. The number of aromatic nitrogens is 6. The number of halogens is 1. The molecule has 3 rings (SSSR count). The summed E-state index contributed by atoms with van der Waals surface area (Å²) in [6.07, 6.45) is 2.88. The van der Waals surface area contributed by atoms with E-state index in [4.69, 9.17) is 11.6 Å². The van der Waals surface area contributed by atoms with E-state index >= 15 is 0 Å². The van der Waals surface area contributed by atoms with E-state index in [-0.39, 0.29) is 5.28 Å². The van der Waals surface area contributed by atoms with Gasteiger partial charge in [-0.05, 0) is 36.2 Å². The van der Waals surface area contributed by atoms with Crippen LogP contribution in [0.3, 0.4) is 0 Å². The molecule has 8 heteroatoms. The van der Waals surface area contributed by atoms with E-state index in [1.807, 2.05) is 31.2 Å². The molecular formula is C12H10ClN7. The first kappa shape index (κ1) is 12.5. The quantitative estimate of drug-likeness (QED) is 0.795. The van der Waals surface area contributed by atoms with Crippen LogP contribution in [0, 0.1) is 6.92 Å². The number of benzene rings is 1. The molecule has 0 unspecified atom stereocenters. The fraction of sp³-hybridized carbons (Fsp3) is 0.0833. The molecule has 0 aliphatic heterocycles. The Morgan fingerprint density at radius 2 is 2.10 bits per heavy atom. The van der Waals surface area contributed by atoms with Gasteiger partial charge in [-0.25, -0.2) is 4.98 Å². The lowest BCUT2D eigenvalue weighted by Gasteiger charge is -2.07. The summed E-state index contributed by atoms with van der Waals surface area (Å²) in [5.74, 6) is 0.652. The maximum absolute atomic E-state index is 5.90. The highest BCUT2D eigenvalue weighted by Gasteiger charge is 2.07. The Hall–Kier alpha value is -2.54. The van der Waals surface area contributed by atoms with E-state index < -0.39 is 0 Å². The zero-order valence-corrected chi connectivity index (χ0v) is 11.3. The molecule has 0 radical (unpaired) electrons. The average Bonchev–Trinajstić information content (AvgIpc) is 2.91. The Balaban J connectivity index is 1.94. The van der Waals surface area contributed by atoms with Crippen LogP contribution >= 0.6 is 11.6 Å². The minimum absolute atomic E-state index is 0.0839. The number of nitrogens with zero attached hydrogens (tertiary/aromatic N) is 6. The second kappa shape index (κ2) is 5.22. The zero-order chi connectivity index (χ0) is 13.9. The number of nitrogens with one attached hydrogen (secondary N) is 1. The van der Waals surface area contributed by atoms with Gasteiger partial charge in [0.1, 0.15) is 12.7 Å². The molecule has 0 aliphatic rings. The molecule has 0 saturated carbocycles. The molecule has 0 saturated heterocycles. The lowest BCUT2D eigenvalue weighted by atomic mass is 10.2. The van der Waals surface area contributed by atoms with E-state index in [1.54, 1.807) is 0 Å². The third kappa shape index (κ3) is 2.72. The zero-order valence-electron chi connectivity index (χ0n) is 10.5. The first-order chi connectivity index (χ1) is 9.70. The van der Waals surface area contributed by atoms with Crippen molar-refractivity contribution in [2.45, 2.75) is 6.92 Å². The number of hydrogen-bond donors (Lipinski definition) is 1. The number of anilines is 2. The van der Waals surface area contributed by atoms with E-state index in [0.717, 1.165) is 11.3 Å². The van der Waals surface area contributed by atoms with Crippen molar-refractivity contribution < 1.29 is 0 Å². The summed E-state index contributed by atoms with van der Waals surface area (Å²) in [5, 5.41) is 7.12. The molecule has 1 aromatic carbocycles. The van der Waals surface area contributed by atoms with Gasteiger partial charge in [0.15, 0.2) is 0 Å². The molecule has 0 bridgehead atoms. The normalized spacial score (nSPS) is 10.5. The first-order valence-corrected chi connectivity index (χ1v) is 6.19. The van der Waals surface area contributed by atoms with Gasteiger partial charge in [-0.1, -0.05) is 12.1 Å². The Bertz CT molecular complexity index is 726. The standard InChI is InChI=1S/C12H10ClN7/c1-8-3-2-4-9(5-8)16-11-17-10(13)18-12(19-11)20-7-14-6-15-20/h2-7H,1H3,(H,16,17,18,19). The first-order valence-electron chi connectivity index (χ1n) is 5.81. The van der Waals surface area contributed by atoms with Gasteiger partial charge in [0.2, 0.25) is 11.2 Å². The van der Waals surface area contributed by atoms with Crippen molar-refractivity contribution in [2.24, 2.45) is 0 Å². The summed E-state index contributed by atoms with van der Waals surface area (Å²) in [6.45, 7) is 2.01. The molecule has 7 nitrogen and oxygen atoms in total. The molecule has 0 spiro atoms. The second-order valence-corrected chi connectivity index (χ2v) is 4.40. The molecule has 0 amide bonds. The van der Waals surface area contributed by atoms with Crippen molar-refractivity contribution in [3.05, 3.63) is 47.8 Å². The number of aryl methyl sites for hydroxylation is 1. The van der Waals surface area contributed by atoms with Crippen LogP contribution in [0.2, 0.25) is 5.28 Å². The Morgan fingerprint density at radius 1 is 1.20 bits per heavy atom. The fourth-order valence-electron chi connectivity index (χ4n) is 1.66. The summed E-state index contributed by atoms with van der Waals surface area (Å²) in [5.41, 5.74) is 2.00. The van der Waals surface area contributed by atoms with Crippen LogP contribution in [0.25, 0.3) is 5.95 Å². The van der Waals surface area contributed by atoms with Crippen molar-refractivity contribution in [1.29, 1.82) is 0 Å². The van der Waals surface area contributed by atoms with Crippen LogP contribution in [0.15, 0.2) is 36.9 Å². The van der Waals surface area contributed by atoms with Crippen molar-refractivity contribution in [2.75, 3.05) is 5.32 Å². The highest BCUT2D eigenvalue weighted by molar-refractivity contribution is 6.28. The van der Waals surface area contributed by atoms with Gasteiger partial charge < -0.3 is 5.32 Å². The van der Waals surface area contributed by atoms with Crippen LogP contribution in [0.5, 0.6) is 0 Å². The third-order valence-corrected chi connectivity index (χ3v) is 2.66. The Morgan fingerprint density at radius 3 is 2.85 bits per heavy atom. The molecule has 0 fully saturated rings. The van der Waals surface area contributed by atoms with E-state index in [9.17, 15) is 0 Å². The maximum atomic E-state index is 5.90. The summed E-state index contributed by atoms with van der Waals surface area (Å²) >= 11 is 5.90. The van der Waals surface area contributed by atoms with E-state index in [2.05, 4.69) is 30.4 Å². The van der Waals surface area contributed by atoms with Crippen molar-refractivity contribution in [3.63, 3.8) is 0 Å². The van der Waals surface area contributed by atoms with E-state index in [0.29, 0.717) is 11.9 Å². The predicted molar refractivity (Wildman–Crippen MR) is 74.2 cm³/mol. The van der Waals surface area contributed by atoms with Gasteiger partial charge in [0, 0.05) is 5.69 Å². The van der Waals surface area contributed by atoms with Crippen molar-refractivity contribution >= 4 is 23.2 Å². The Kier molecular flexibility index (Phi) is 3.26. The SMILES string of the molecule is Cc1cccc(Nc2nc(Cl)nc(-n3cncn3)n2)c1. The highest BCUT2D eigenvalue weighted by Crippen LogP contribution is 2.16. The summed E-state index contributed by atoms with van der Waals surface area (Å²) in [7, 11) is 0. The van der Waals surface area contributed by atoms with Crippen molar-refractivity contribution in [1.82, 2.24) is 29.7 Å². The highest BCUT2D eigenvalue weighted by atomic mass is 35.5. The molecule has 3 aromatic rings. The fourth-order valence-corrected chi connectivity index (χ4v) is 1.82. The minimum Gasteiger partial charge on any atom is -0.324 e. The number of rotatable bonds is 3. The topological polar surface area (TPSA) is 81.4 Å². The van der Waals surface area contributed by atoms with Crippen molar-refractivity contribution in [3.8, 4) is 5.95 Å². The van der Waals surface area contributed by atoms with Gasteiger partial charge in [0.25, 0.3) is 5.95 Å². The van der Waals surface area contributed by atoms with Crippen LogP contribution in [0.4, 0.5) is 11.6 Å². The van der Waals surface area contributed by atoms with Gasteiger partial charge in [-0.2, -0.15) is 24.7 Å². The van der Waals surface area contributed by atoms with E-state index in [1.165, 1.54) is 17.3 Å². The van der Waals surface area contributed by atoms with Gasteiger partial charge in [0.05, 0.1) is 0 Å². The molecule has 0 atom stereocenters. The molecule has 20 heavy (non-hydrogen) atoms. The number of hydrogen-bond acceptors (Lipinski definition) is 6. The summed E-state index contributed by atoms with van der Waals surface area (Å²) in [6, 6.07) is 7.85. The molecule has 2 heterocycles. The molecule has 2 aromatic heterocycles.